The molecule has 1 amide bonds. The van der Waals surface area contributed by atoms with Gasteiger partial charge in [0.2, 0.25) is 5.91 Å². The fourth-order valence-electron chi connectivity index (χ4n) is 2.33. The lowest BCUT2D eigenvalue weighted by molar-refractivity contribution is -0.117. The molecule has 5 heteroatoms. The Morgan fingerprint density at radius 3 is 2.84 bits per heavy atom. The molecule has 1 saturated heterocycles. The lowest BCUT2D eigenvalue weighted by Crippen LogP contribution is -2.39. The van der Waals surface area contributed by atoms with Gasteiger partial charge >= 0.3 is 0 Å². The van der Waals surface area contributed by atoms with E-state index in [4.69, 9.17) is 11.6 Å². The lowest BCUT2D eigenvalue weighted by Gasteiger charge is -2.20. The maximum absolute atomic E-state index is 11.9. The highest BCUT2D eigenvalue weighted by atomic mass is 35.5. The standard InChI is InChI=1S/C14H20ClN3O/c1-18(9-13-3-2-8-16-13)10-14(19)17-12-6-4-11(15)5-7-12/h4-7,13,16H,2-3,8-10H2,1H3,(H,17,19). The van der Waals surface area contributed by atoms with E-state index in [1.807, 2.05) is 11.9 Å². The molecule has 1 aliphatic heterocycles. The molecule has 0 aromatic heterocycles. The minimum Gasteiger partial charge on any atom is -0.325 e. The van der Waals surface area contributed by atoms with Gasteiger partial charge in [0.15, 0.2) is 0 Å². The predicted molar refractivity (Wildman–Crippen MR) is 78.6 cm³/mol. The van der Waals surface area contributed by atoms with Crippen LogP contribution in [0, 0.1) is 0 Å². The molecule has 1 aromatic rings. The van der Waals surface area contributed by atoms with Crippen molar-refractivity contribution >= 4 is 23.2 Å². The Kier molecular flexibility index (Phi) is 5.19. The van der Waals surface area contributed by atoms with Gasteiger partial charge < -0.3 is 10.6 Å². The van der Waals surface area contributed by atoms with Crippen LogP contribution >= 0.6 is 11.6 Å². The number of halogens is 1. The van der Waals surface area contributed by atoms with E-state index < -0.39 is 0 Å². The van der Waals surface area contributed by atoms with Gasteiger partial charge in [-0.05, 0) is 50.7 Å². The van der Waals surface area contributed by atoms with Gasteiger partial charge in [-0.1, -0.05) is 11.6 Å². The molecule has 0 aliphatic carbocycles. The third-order valence-electron chi connectivity index (χ3n) is 3.24. The molecule has 0 bridgehead atoms. The average molecular weight is 282 g/mol. The summed E-state index contributed by atoms with van der Waals surface area (Å²) in [6.45, 7) is 2.41. The average Bonchev–Trinajstić information content (AvgIpc) is 2.84. The number of likely N-dealkylation sites (N-methyl/N-ethyl adjacent to an activating group) is 1. The normalized spacial score (nSPS) is 18.8. The SMILES string of the molecule is CN(CC(=O)Nc1ccc(Cl)cc1)CC1CCCN1. The molecule has 0 spiro atoms. The molecular weight excluding hydrogens is 262 g/mol. The summed E-state index contributed by atoms with van der Waals surface area (Å²) in [7, 11) is 1.97. The Balaban J connectivity index is 1.75. The van der Waals surface area contributed by atoms with Crippen molar-refractivity contribution in [1.82, 2.24) is 10.2 Å². The molecule has 1 aromatic carbocycles. The van der Waals surface area contributed by atoms with E-state index in [2.05, 4.69) is 10.6 Å². The number of hydrogen-bond acceptors (Lipinski definition) is 3. The number of anilines is 1. The van der Waals surface area contributed by atoms with E-state index in [9.17, 15) is 4.79 Å². The molecule has 0 radical (unpaired) electrons. The van der Waals surface area contributed by atoms with Crippen LogP contribution in [0.1, 0.15) is 12.8 Å². The summed E-state index contributed by atoms with van der Waals surface area (Å²) in [5.74, 6) is 0.00261. The number of hydrogen-bond donors (Lipinski definition) is 2. The van der Waals surface area contributed by atoms with E-state index in [0.29, 0.717) is 17.6 Å². The van der Waals surface area contributed by atoms with E-state index in [1.54, 1.807) is 24.3 Å². The molecule has 1 heterocycles. The largest absolute Gasteiger partial charge is 0.325 e. The number of nitrogens with one attached hydrogen (secondary N) is 2. The predicted octanol–water partition coefficient (Wildman–Crippen LogP) is 1.96. The number of carbonyl (C=O) groups is 1. The summed E-state index contributed by atoms with van der Waals surface area (Å²) in [5, 5.41) is 6.96. The van der Waals surface area contributed by atoms with Gasteiger partial charge in [-0.2, -0.15) is 0 Å². The smallest absolute Gasteiger partial charge is 0.238 e. The van der Waals surface area contributed by atoms with Crippen LogP contribution in [0.4, 0.5) is 5.69 Å². The van der Waals surface area contributed by atoms with Crippen molar-refractivity contribution in [2.45, 2.75) is 18.9 Å². The first kappa shape index (κ1) is 14.3. The summed E-state index contributed by atoms with van der Waals surface area (Å²) in [6, 6.07) is 7.66. The zero-order chi connectivity index (χ0) is 13.7. The molecule has 1 atom stereocenters. The van der Waals surface area contributed by atoms with Gasteiger partial charge in [-0.25, -0.2) is 0 Å². The molecule has 2 rings (SSSR count). The fourth-order valence-corrected chi connectivity index (χ4v) is 2.46. The lowest BCUT2D eigenvalue weighted by atomic mass is 10.2. The van der Waals surface area contributed by atoms with E-state index in [0.717, 1.165) is 18.8 Å². The number of carbonyl (C=O) groups excluding carboxylic acids is 1. The zero-order valence-corrected chi connectivity index (χ0v) is 11.9. The Labute approximate surface area is 119 Å². The van der Waals surface area contributed by atoms with Crippen molar-refractivity contribution in [3.63, 3.8) is 0 Å². The quantitative estimate of drug-likeness (QED) is 0.867. The van der Waals surface area contributed by atoms with E-state index in [-0.39, 0.29) is 5.91 Å². The molecule has 2 N–H and O–H groups in total. The van der Waals surface area contributed by atoms with Gasteiger partial charge in [0.25, 0.3) is 0 Å². The number of benzene rings is 1. The summed E-state index contributed by atoms with van der Waals surface area (Å²) in [4.78, 5) is 13.9. The van der Waals surface area contributed by atoms with Crippen LogP contribution in [0.2, 0.25) is 5.02 Å². The molecule has 1 fully saturated rings. The second-order valence-electron chi connectivity index (χ2n) is 5.05. The Bertz CT molecular complexity index is 415. The van der Waals surface area contributed by atoms with Crippen LogP contribution < -0.4 is 10.6 Å². The first-order valence-electron chi connectivity index (χ1n) is 6.61. The molecule has 0 saturated carbocycles. The summed E-state index contributed by atoms with van der Waals surface area (Å²) < 4.78 is 0. The van der Waals surface area contributed by atoms with Crippen molar-refractivity contribution in [2.24, 2.45) is 0 Å². The highest BCUT2D eigenvalue weighted by Crippen LogP contribution is 2.13. The highest BCUT2D eigenvalue weighted by Gasteiger charge is 2.17. The minimum absolute atomic E-state index is 0.00261. The third-order valence-corrected chi connectivity index (χ3v) is 3.49. The summed E-state index contributed by atoms with van der Waals surface area (Å²) in [5.41, 5.74) is 0.779. The zero-order valence-electron chi connectivity index (χ0n) is 11.2. The Morgan fingerprint density at radius 1 is 1.47 bits per heavy atom. The Morgan fingerprint density at radius 2 is 2.21 bits per heavy atom. The number of amides is 1. The molecule has 104 valence electrons. The minimum atomic E-state index is 0.00261. The summed E-state index contributed by atoms with van der Waals surface area (Å²) in [6.07, 6.45) is 2.43. The van der Waals surface area contributed by atoms with E-state index >= 15 is 0 Å². The monoisotopic (exact) mass is 281 g/mol. The molecule has 19 heavy (non-hydrogen) atoms. The molecule has 1 unspecified atom stereocenters. The van der Waals surface area contributed by atoms with Crippen molar-refractivity contribution in [1.29, 1.82) is 0 Å². The maximum Gasteiger partial charge on any atom is 0.238 e. The van der Waals surface area contributed by atoms with Crippen molar-refractivity contribution in [3.05, 3.63) is 29.3 Å². The van der Waals surface area contributed by atoms with Crippen LogP contribution in [0.3, 0.4) is 0 Å². The molecule has 4 nitrogen and oxygen atoms in total. The van der Waals surface area contributed by atoms with Crippen LogP contribution in [-0.4, -0.2) is 43.5 Å². The first-order chi connectivity index (χ1) is 9.13. The van der Waals surface area contributed by atoms with Gasteiger partial charge in [0.1, 0.15) is 0 Å². The van der Waals surface area contributed by atoms with Crippen molar-refractivity contribution in [3.8, 4) is 0 Å². The number of nitrogens with zero attached hydrogens (tertiary/aromatic N) is 1. The highest BCUT2D eigenvalue weighted by molar-refractivity contribution is 6.30. The van der Waals surface area contributed by atoms with Crippen LogP contribution in [-0.2, 0) is 4.79 Å². The van der Waals surface area contributed by atoms with Gasteiger partial charge in [0.05, 0.1) is 6.54 Å². The second-order valence-corrected chi connectivity index (χ2v) is 5.48. The topological polar surface area (TPSA) is 44.4 Å². The number of rotatable bonds is 5. The van der Waals surface area contributed by atoms with E-state index in [1.165, 1.54) is 12.8 Å². The maximum atomic E-state index is 11.9. The molecule has 1 aliphatic rings. The Hall–Kier alpha value is -1.10. The van der Waals surface area contributed by atoms with Crippen LogP contribution in [0.5, 0.6) is 0 Å². The molecular formula is C14H20ClN3O. The first-order valence-corrected chi connectivity index (χ1v) is 6.98. The van der Waals surface area contributed by atoms with Crippen LogP contribution in [0.25, 0.3) is 0 Å². The van der Waals surface area contributed by atoms with Gasteiger partial charge in [0, 0.05) is 23.3 Å². The fraction of sp³-hybridized carbons (Fsp3) is 0.500. The van der Waals surface area contributed by atoms with Crippen molar-refractivity contribution < 1.29 is 4.79 Å². The second kappa shape index (κ2) is 6.89. The third kappa shape index (κ3) is 4.82. The van der Waals surface area contributed by atoms with Crippen molar-refractivity contribution in [2.75, 3.05) is 32.0 Å². The van der Waals surface area contributed by atoms with Gasteiger partial charge in [-0.15, -0.1) is 0 Å². The van der Waals surface area contributed by atoms with Gasteiger partial charge in [-0.3, -0.25) is 9.69 Å². The van der Waals surface area contributed by atoms with Crippen LogP contribution in [0.15, 0.2) is 24.3 Å². The summed E-state index contributed by atoms with van der Waals surface area (Å²) >= 11 is 5.80.